The van der Waals surface area contributed by atoms with Crippen molar-refractivity contribution in [3.8, 4) is 5.75 Å². The first-order valence-corrected chi connectivity index (χ1v) is 11.2. The van der Waals surface area contributed by atoms with Gasteiger partial charge < -0.3 is 15.0 Å². The Bertz CT molecular complexity index is 806. The van der Waals surface area contributed by atoms with Crippen LogP contribution in [0.1, 0.15) is 12.0 Å². The topological polar surface area (TPSA) is 61.9 Å². The molecule has 1 aliphatic rings. The Hall–Kier alpha value is -2.51. The highest BCUT2D eigenvalue weighted by molar-refractivity contribution is 7.99. The van der Waals surface area contributed by atoms with Crippen LogP contribution in [0.25, 0.3) is 0 Å². The molecule has 3 rings (SSSR count). The Morgan fingerprint density at radius 2 is 1.70 bits per heavy atom. The number of ether oxygens (including phenoxy) is 1. The molecule has 160 valence electrons. The van der Waals surface area contributed by atoms with Crippen LogP contribution in [0.3, 0.4) is 0 Å². The summed E-state index contributed by atoms with van der Waals surface area (Å²) in [4.78, 5) is 29.8. The van der Waals surface area contributed by atoms with Gasteiger partial charge in [0.15, 0.2) is 0 Å². The molecular formula is C23H29N3O3S. The van der Waals surface area contributed by atoms with Crippen molar-refractivity contribution in [3.63, 3.8) is 0 Å². The third-order valence-electron chi connectivity index (χ3n) is 5.07. The molecule has 1 N–H and O–H groups in total. The van der Waals surface area contributed by atoms with Crippen molar-refractivity contribution in [2.24, 2.45) is 0 Å². The van der Waals surface area contributed by atoms with Gasteiger partial charge in [0.2, 0.25) is 11.8 Å². The zero-order chi connectivity index (χ0) is 21.2. The minimum atomic E-state index is 0.0227. The quantitative estimate of drug-likeness (QED) is 0.624. The van der Waals surface area contributed by atoms with Gasteiger partial charge in [-0.15, -0.1) is 11.8 Å². The van der Waals surface area contributed by atoms with Crippen LogP contribution in [0.2, 0.25) is 0 Å². The molecule has 0 saturated carbocycles. The molecule has 2 aromatic carbocycles. The molecule has 1 saturated heterocycles. The lowest BCUT2D eigenvalue weighted by molar-refractivity contribution is -0.132. The number of hydrogen-bond donors (Lipinski definition) is 1. The first-order chi connectivity index (χ1) is 14.6. The molecule has 2 aromatic rings. The van der Waals surface area contributed by atoms with Gasteiger partial charge in [0, 0.05) is 49.8 Å². The van der Waals surface area contributed by atoms with E-state index < -0.39 is 0 Å². The zero-order valence-electron chi connectivity index (χ0n) is 17.4. The third-order valence-corrected chi connectivity index (χ3v) is 6.08. The summed E-state index contributed by atoms with van der Waals surface area (Å²) >= 11 is 1.68. The zero-order valence-corrected chi connectivity index (χ0v) is 18.2. The molecular weight excluding hydrogens is 398 g/mol. The Kier molecular flexibility index (Phi) is 8.59. The van der Waals surface area contributed by atoms with E-state index in [0.29, 0.717) is 32.6 Å². The summed E-state index contributed by atoms with van der Waals surface area (Å²) in [5.74, 6) is 1.80. The summed E-state index contributed by atoms with van der Waals surface area (Å²) in [5, 5.41) is 2.96. The Morgan fingerprint density at radius 3 is 2.37 bits per heavy atom. The molecule has 30 heavy (non-hydrogen) atoms. The number of piperazine rings is 1. The fraction of sp³-hybridized carbons (Fsp3) is 0.391. The maximum Gasteiger partial charge on any atom is 0.234 e. The molecule has 0 atom stereocenters. The maximum atomic E-state index is 12.5. The second kappa shape index (κ2) is 11.6. The smallest absolute Gasteiger partial charge is 0.234 e. The van der Waals surface area contributed by atoms with E-state index in [1.165, 1.54) is 0 Å². The van der Waals surface area contributed by atoms with Gasteiger partial charge in [-0.3, -0.25) is 14.5 Å². The average Bonchev–Trinajstić information content (AvgIpc) is 2.79. The van der Waals surface area contributed by atoms with E-state index in [1.54, 1.807) is 18.9 Å². The largest absolute Gasteiger partial charge is 0.497 e. The van der Waals surface area contributed by atoms with Gasteiger partial charge in [-0.1, -0.05) is 30.3 Å². The highest BCUT2D eigenvalue weighted by Crippen LogP contribution is 2.22. The van der Waals surface area contributed by atoms with Crippen molar-refractivity contribution in [1.29, 1.82) is 0 Å². The summed E-state index contributed by atoms with van der Waals surface area (Å²) < 4.78 is 5.16. The third kappa shape index (κ3) is 7.07. The lowest BCUT2D eigenvalue weighted by Crippen LogP contribution is -2.51. The Balaban J connectivity index is 1.31. The van der Waals surface area contributed by atoms with E-state index in [2.05, 4.69) is 10.2 Å². The second-order valence-corrected chi connectivity index (χ2v) is 8.36. The first-order valence-electron chi connectivity index (χ1n) is 10.2. The normalized spacial score (nSPS) is 14.4. The minimum absolute atomic E-state index is 0.0227. The van der Waals surface area contributed by atoms with Crippen molar-refractivity contribution < 1.29 is 14.3 Å². The van der Waals surface area contributed by atoms with Crippen LogP contribution in [0, 0.1) is 0 Å². The van der Waals surface area contributed by atoms with E-state index in [9.17, 15) is 9.59 Å². The molecule has 0 aliphatic carbocycles. The summed E-state index contributed by atoms with van der Waals surface area (Å²) in [6.45, 7) is 3.74. The predicted octanol–water partition coefficient (Wildman–Crippen LogP) is 2.64. The molecule has 1 fully saturated rings. The number of carbonyl (C=O) groups excluding carboxylic acids is 2. The lowest BCUT2D eigenvalue weighted by Gasteiger charge is -2.34. The fourth-order valence-corrected chi connectivity index (χ4v) is 4.14. The molecule has 0 aromatic heterocycles. The summed E-state index contributed by atoms with van der Waals surface area (Å²) in [6.07, 6.45) is 0.522. The number of methoxy groups -OCH3 is 1. The highest BCUT2D eigenvalue weighted by atomic mass is 32.2. The number of nitrogens with zero attached hydrogens (tertiary/aromatic N) is 2. The SMILES string of the molecule is COc1ccc(SCCC(=O)N2CCN(CC(=O)NCc3ccccc3)CC2)cc1. The minimum Gasteiger partial charge on any atom is -0.497 e. The van der Waals surface area contributed by atoms with E-state index in [-0.39, 0.29) is 11.8 Å². The molecule has 1 heterocycles. The van der Waals surface area contributed by atoms with Crippen LogP contribution in [0.15, 0.2) is 59.5 Å². The van der Waals surface area contributed by atoms with Gasteiger partial charge in [-0.25, -0.2) is 0 Å². The number of benzene rings is 2. The van der Waals surface area contributed by atoms with Crippen LogP contribution in [-0.2, 0) is 16.1 Å². The van der Waals surface area contributed by atoms with E-state index in [4.69, 9.17) is 4.74 Å². The van der Waals surface area contributed by atoms with Crippen molar-refractivity contribution >= 4 is 23.6 Å². The van der Waals surface area contributed by atoms with Gasteiger partial charge in [0.05, 0.1) is 13.7 Å². The van der Waals surface area contributed by atoms with E-state index in [1.807, 2.05) is 59.5 Å². The van der Waals surface area contributed by atoms with Gasteiger partial charge >= 0.3 is 0 Å². The molecule has 0 spiro atoms. The van der Waals surface area contributed by atoms with Crippen molar-refractivity contribution in [3.05, 3.63) is 60.2 Å². The molecule has 2 amide bonds. The Morgan fingerprint density at radius 1 is 1.00 bits per heavy atom. The number of rotatable bonds is 9. The monoisotopic (exact) mass is 427 g/mol. The maximum absolute atomic E-state index is 12.5. The molecule has 0 radical (unpaired) electrons. The van der Waals surface area contributed by atoms with Gasteiger partial charge in [-0.2, -0.15) is 0 Å². The van der Waals surface area contributed by atoms with Crippen molar-refractivity contribution in [2.75, 3.05) is 45.6 Å². The van der Waals surface area contributed by atoms with Crippen LogP contribution in [0.5, 0.6) is 5.75 Å². The van der Waals surface area contributed by atoms with Gasteiger partial charge in [0.1, 0.15) is 5.75 Å². The van der Waals surface area contributed by atoms with Crippen molar-refractivity contribution in [2.45, 2.75) is 17.9 Å². The number of nitrogens with one attached hydrogen (secondary N) is 1. The summed E-state index contributed by atoms with van der Waals surface area (Å²) in [7, 11) is 1.65. The number of carbonyl (C=O) groups is 2. The van der Waals surface area contributed by atoms with Crippen LogP contribution < -0.4 is 10.1 Å². The summed E-state index contributed by atoms with van der Waals surface area (Å²) in [6, 6.07) is 17.8. The van der Waals surface area contributed by atoms with Gasteiger partial charge in [0.25, 0.3) is 0 Å². The predicted molar refractivity (Wildman–Crippen MR) is 120 cm³/mol. The Labute approximate surface area is 182 Å². The first kappa shape index (κ1) is 22.2. The van der Waals surface area contributed by atoms with Crippen LogP contribution >= 0.6 is 11.8 Å². The number of thioether (sulfide) groups is 1. The average molecular weight is 428 g/mol. The second-order valence-electron chi connectivity index (χ2n) is 7.19. The fourth-order valence-electron chi connectivity index (χ4n) is 3.30. The molecule has 0 unspecified atom stereocenters. The number of amides is 2. The standard InChI is InChI=1S/C23H29N3O3S/c1-29-20-7-9-21(10-8-20)30-16-11-23(28)26-14-12-25(13-15-26)18-22(27)24-17-19-5-3-2-4-6-19/h2-10H,11-18H2,1H3,(H,24,27). The molecule has 7 heteroatoms. The lowest BCUT2D eigenvalue weighted by atomic mass is 10.2. The number of hydrogen-bond acceptors (Lipinski definition) is 5. The van der Waals surface area contributed by atoms with E-state index >= 15 is 0 Å². The van der Waals surface area contributed by atoms with E-state index in [0.717, 1.165) is 35.1 Å². The molecule has 6 nitrogen and oxygen atoms in total. The van der Waals surface area contributed by atoms with Crippen LogP contribution in [0.4, 0.5) is 0 Å². The molecule has 0 bridgehead atoms. The summed E-state index contributed by atoms with van der Waals surface area (Å²) in [5.41, 5.74) is 1.09. The van der Waals surface area contributed by atoms with Crippen LogP contribution in [-0.4, -0.2) is 67.2 Å². The molecule has 1 aliphatic heterocycles. The van der Waals surface area contributed by atoms with Gasteiger partial charge in [-0.05, 0) is 29.8 Å². The van der Waals surface area contributed by atoms with Crippen molar-refractivity contribution in [1.82, 2.24) is 15.1 Å². The highest BCUT2D eigenvalue weighted by Gasteiger charge is 2.22.